The van der Waals surface area contributed by atoms with Crippen LogP contribution in [-0.4, -0.2) is 44.7 Å². The maximum Gasteiger partial charge on any atom is 0.337 e. The van der Waals surface area contributed by atoms with Crippen LogP contribution in [0.1, 0.15) is 26.8 Å². The number of nitrogens with zero attached hydrogens (tertiary/aromatic N) is 1. The maximum atomic E-state index is 12.2. The summed E-state index contributed by atoms with van der Waals surface area (Å²) in [6, 6.07) is 8.92. The second kappa shape index (κ2) is 8.64. The van der Waals surface area contributed by atoms with Crippen molar-refractivity contribution in [2.45, 2.75) is 13.0 Å². The molecule has 1 heterocycles. The Labute approximate surface area is 151 Å². The smallest absolute Gasteiger partial charge is 0.337 e. The molecule has 0 bridgehead atoms. The third kappa shape index (κ3) is 5.04. The number of urea groups is 1. The Kier molecular flexibility index (Phi) is 6.55. The number of nitrogens with one attached hydrogen (secondary N) is 2. The van der Waals surface area contributed by atoms with E-state index < -0.39 is 5.97 Å². The molecule has 1 aromatic carbocycles. The van der Waals surface area contributed by atoms with E-state index in [1.54, 1.807) is 29.5 Å². The summed E-state index contributed by atoms with van der Waals surface area (Å²) in [7, 11) is 5.31. The second-order valence-corrected chi connectivity index (χ2v) is 6.83. The van der Waals surface area contributed by atoms with Gasteiger partial charge in [0, 0.05) is 17.1 Å². The van der Waals surface area contributed by atoms with E-state index in [-0.39, 0.29) is 12.1 Å². The molecule has 0 radical (unpaired) electrons. The quantitative estimate of drug-likeness (QED) is 0.775. The van der Waals surface area contributed by atoms with Crippen LogP contribution in [0.25, 0.3) is 0 Å². The molecule has 25 heavy (non-hydrogen) atoms. The molecule has 1 unspecified atom stereocenters. The van der Waals surface area contributed by atoms with E-state index in [9.17, 15) is 9.59 Å². The van der Waals surface area contributed by atoms with Crippen LogP contribution in [0.3, 0.4) is 0 Å². The fourth-order valence-corrected chi connectivity index (χ4v) is 3.35. The summed E-state index contributed by atoms with van der Waals surface area (Å²) in [4.78, 5) is 27.0. The fraction of sp³-hybridized carbons (Fsp3) is 0.333. The summed E-state index contributed by atoms with van der Waals surface area (Å²) in [5.74, 6) is -0.399. The molecule has 2 N–H and O–H groups in total. The molecule has 0 aliphatic heterocycles. The Balaban J connectivity index is 1.97. The number of carbonyl (C=O) groups is 2. The highest BCUT2D eigenvalue weighted by Crippen LogP contribution is 2.22. The molecule has 0 saturated carbocycles. The van der Waals surface area contributed by atoms with E-state index in [0.29, 0.717) is 17.8 Å². The molecule has 6 nitrogen and oxygen atoms in total. The van der Waals surface area contributed by atoms with Crippen LogP contribution in [-0.2, 0) is 4.74 Å². The highest BCUT2D eigenvalue weighted by Gasteiger charge is 2.16. The van der Waals surface area contributed by atoms with Gasteiger partial charge in [-0.3, -0.25) is 0 Å². The van der Waals surface area contributed by atoms with Crippen molar-refractivity contribution in [3.63, 3.8) is 0 Å². The van der Waals surface area contributed by atoms with Gasteiger partial charge in [-0.05, 0) is 56.2 Å². The highest BCUT2D eigenvalue weighted by atomic mass is 32.1. The molecular formula is C18H23N3O3S. The summed E-state index contributed by atoms with van der Waals surface area (Å²) < 4.78 is 4.69. The van der Waals surface area contributed by atoms with Gasteiger partial charge in [0.15, 0.2) is 0 Å². The number of thiophene rings is 1. The molecule has 2 amide bonds. The lowest BCUT2D eigenvalue weighted by atomic mass is 10.1. The first kappa shape index (κ1) is 19.0. The minimum absolute atomic E-state index is 0.119. The van der Waals surface area contributed by atoms with Crippen molar-refractivity contribution >= 4 is 29.0 Å². The third-order valence-electron chi connectivity index (χ3n) is 3.85. The second-order valence-electron chi connectivity index (χ2n) is 5.85. The highest BCUT2D eigenvalue weighted by molar-refractivity contribution is 7.10. The van der Waals surface area contributed by atoms with E-state index in [2.05, 4.69) is 21.6 Å². The molecule has 1 atom stereocenters. The zero-order valence-electron chi connectivity index (χ0n) is 14.8. The minimum Gasteiger partial charge on any atom is -0.465 e. The topological polar surface area (TPSA) is 70.7 Å². The standard InChI is InChI=1S/C18H23N3O3S/c1-12-10-13(17(22)24-4)7-8-14(12)20-18(23)19-11-15(21(2)3)16-6-5-9-25-16/h5-10,15H,11H2,1-4H3,(H2,19,20,23). The van der Waals surface area contributed by atoms with Crippen LogP contribution < -0.4 is 10.6 Å². The van der Waals surface area contributed by atoms with E-state index in [1.165, 1.54) is 12.0 Å². The van der Waals surface area contributed by atoms with Gasteiger partial charge in [0.2, 0.25) is 0 Å². The first-order chi connectivity index (χ1) is 11.9. The van der Waals surface area contributed by atoms with E-state index in [0.717, 1.165) is 5.56 Å². The van der Waals surface area contributed by atoms with Crippen molar-refractivity contribution in [3.8, 4) is 0 Å². The molecule has 2 rings (SSSR count). The van der Waals surface area contributed by atoms with Crippen molar-refractivity contribution in [2.24, 2.45) is 0 Å². The minimum atomic E-state index is -0.399. The fourth-order valence-electron chi connectivity index (χ4n) is 2.42. The molecule has 7 heteroatoms. The Morgan fingerprint density at radius 1 is 1.28 bits per heavy atom. The van der Waals surface area contributed by atoms with Crippen molar-refractivity contribution in [1.82, 2.24) is 10.2 Å². The lowest BCUT2D eigenvalue weighted by Crippen LogP contribution is -2.36. The first-order valence-corrected chi connectivity index (χ1v) is 8.74. The number of aryl methyl sites for hydroxylation is 1. The normalized spacial score (nSPS) is 11.9. The van der Waals surface area contributed by atoms with Crippen LogP contribution in [0.4, 0.5) is 10.5 Å². The number of amides is 2. The van der Waals surface area contributed by atoms with Crippen molar-refractivity contribution in [1.29, 1.82) is 0 Å². The molecule has 0 saturated heterocycles. The molecule has 1 aromatic heterocycles. The number of hydrogen-bond acceptors (Lipinski definition) is 5. The predicted molar refractivity (Wildman–Crippen MR) is 100 cm³/mol. The Morgan fingerprint density at radius 2 is 2.04 bits per heavy atom. The largest absolute Gasteiger partial charge is 0.465 e. The first-order valence-electron chi connectivity index (χ1n) is 7.86. The van der Waals surface area contributed by atoms with Gasteiger partial charge in [-0.1, -0.05) is 6.07 Å². The number of esters is 1. The average molecular weight is 361 g/mol. The van der Waals surface area contributed by atoms with Crippen molar-refractivity contribution < 1.29 is 14.3 Å². The van der Waals surface area contributed by atoms with E-state index >= 15 is 0 Å². The molecule has 2 aromatic rings. The third-order valence-corrected chi connectivity index (χ3v) is 4.82. The van der Waals surface area contributed by atoms with Crippen molar-refractivity contribution in [2.75, 3.05) is 33.1 Å². The molecule has 0 aliphatic rings. The maximum absolute atomic E-state index is 12.2. The number of rotatable bonds is 6. The Morgan fingerprint density at radius 3 is 2.60 bits per heavy atom. The molecule has 0 fully saturated rings. The van der Waals surface area contributed by atoms with Gasteiger partial charge in [-0.15, -0.1) is 11.3 Å². The number of hydrogen-bond donors (Lipinski definition) is 2. The molecule has 0 aliphatic carbocycles. The van der Waals surface area contributed by atoms with Gasteiger partial charge < -0.3 is 20.3 Å². The summed E-state index contributed by atoms with van der Waals surface area (Å²) in [5, 5.41) is 7.74. The van der Waals surface area contributed by atoms with Crippen LogP contribution in [0.5, 0.6) is 0 Å². The summed E-state index contributed by atoms with van der Waals surface area (Å²) in [6.07, 6.45) is 0. The van der Waals surface area contributed by atoms with Gasteiger partial charge in [0.05, 0.1) is 18.7 Å². The number of methoxy groups -OCH3 is 1. The number of carbonyl (C=O) groups excluding carboxylic acids is 2. The average Bonchev–Trinajstić information content (AvgIpc) is 3.10. The van der Waals surface area contributed by atoms with E-state index in [4.69, 9.17) is 4.74 Å². The summed E-state index contributed by atoms with van der Waals surface area (Å²) in [6.45, 7) is 2.33. The molecule has 134 valence electrons. The summed E-state index contributed by atoms with van der Waals surface area (Å²) in [5.41, 5.74) is 1.90. The SMILES string of the molecule is COC(=O)c1ccc(NC(=O)NCC(c2cccs2)N(C)C)c(C)c1. The molecule has 0 spiro atoms. The number of benzene rings is 1. The zero-order valence-corrected chi connectivity index (χ0v) is 15.6. The lowest BCUT2D eigenvalue weighted by molar-refractivity contribution is 0.0600. The van der Waals surface area contributed by atoms with Gasteiger partial charge >= 0.3 is 12.0 Å². The monoisotopic (exact) mass is 361 g/mol. The Bertz CT molecular complexity index is 729. The van der Waals surface area contributed by atoms with Crippen LogP contribution >= 0.6 is 11.3 Å². The zero-order chi connectivity index (χ0) is 18.4. The van der Waals surface area contributed by atoms with E-state index in [1.807, 2.05) is 32.5 Å². The van der Waals surface area contributed by atoms with Gasteiger partial charge in [0.25, 0.3) is 0 Å². The predicted octanol–water partition coefficient (Wildman–Crippen LogP) is 3.27. The number of ether oxygens (including phenoxy) is 1. The van der Waals surface area contributed by atoms with Gasteiger partial charge in [-0.2, -0.15) is 0 Å². The van der Waals surface area contributed by atoms with Crippen molar-refractivity contribution in [3.05, 3.63) is 51.7 Å². The lowest BCUT2D eigenvalue weighted by Gasteiger charge is -2.23. The Hall–Kier alpha value is -2.38. The van der Waals surface area contributed by atoms with Gasteiger partial charge in [0.1, 0.15) is 0 Å². The number of likely N-dealkylation sites (N-methyl/N-ethyl adjacent to an activating group) is 1. The molecular weight excluding hydrogens is 338 g/mol. The van der Waals surface area contributed by atoms with Crippen LogP contribution in [0, 0.1) is 6.92 Å². The summed E-state index contributed by atoms with van der Waals surface area (Å²) >= 11 is 1.67. The van der Waals surface area contributed by atoms with Gasteiger partial charge in [-0.25, -0.2) is 9.59 Å². The van der Waals surface area contributed by atoms with Crippen LogP contribution in [0.2, 0.25) is 0 Å². The van der Waals surface area contributed by atoms with Crippen LogP contribution in [0.15, 0.2) is 35.7 Å². The number of anilines is 1.